The summed E-state index contributed by atoms with van der Waals surface area (Å²) in [4.78, 5) is 16.5. The summed E-state index contributed by atoms with van der Waals surface area (Å²) >= 11 is 0. The van der Waals surface area contributed by atoms with Crippen LogP contribution in [0.3, 0.4) is 0 Å². The molecule has 1 N–H and O–H groups in total. The summed E-state index contributed by atoms with van der Waals surface area (Å²) in [6.45, 7) is 12.1. The minimum Gasteiger partial charge on any atom is -0.392 e. The summed E-state index contributed by atoms with van der Waals surface area (Å²) in [6, 6.07) is 7.78. The van der Waals surface area contributed by atoms with Gasteiger partial charge in [0, 0.05) is 36.9 Å². The predicted octanol–water partition coefficient (Wildman–Crippen LogP) is 2.76. The number of aliphatic hydroxyl groups excluding tert-OH is 1. The average molecular weight is 292 g/mol. The molecule has 1 aromatic rings. The Labute approximate surface area is 128 Å². The molecule has 0 bridgehead atoms. The van der Waals surface area contributed by atoms with Crippen LogP contribution in [0.15, 0.2) is 24.3 Å². The largest absolute Gasteiger partial charge is 0.392 e. The SMILES string of the molecule is CCN(CC)c1ccc(C(=O)N(CC(C)O)C(C)C)cc1. The fourth-order valence-electron chi connectivity index (χ4n) is 2.38. The third kappa shape index (κ3) is 4.74. The summed E-state index contributed by atoms with van der Waals surface area (Å²) in [5.74, 6) is -0.0306. The Bertz CT molecular complexity index is 437. The molecule has 0 saturated carbocycles. The van der Waals surface area contributed by atoms with Gasteiger partial charge in [0.1, 0.15) is 0 Å². The molecule has 1 unspecified atom stereocenters. The van der Waals surface area contributed by atoms with Gasteiger partial charge in [-0.25, -0.2) is 0 Å². The first-order chi connectivity index (χ1) is 9.90. The van der Waals surface area contributed by atoms with Crippen LogP contribution >= 0.6 is 0 Å². The summed E-state index contributed by atoms with van der Waals surface area (Å²) in [5, 5.41) is 9.55. The van der Waals surface area contributed by atoms with Crippen LogP contribution in [0.5, 0.6) is 0 Å². The lowest BCUT2D eigenvalue weighted by Gasteiger charge is -2.28. The van der Waals surface area contributed by atoms with Gasteiger partial charge < -0.3 is 14.9 Å². The van der Waals surface area contributed by atoms with Crippen LogP contribution in [0.1, 0.15) is 45.0 Å². The molecule has 1 rings (SSSR count). The van der Waals surface area contributed by atoms with Crippen molar-refractivity contribution in [2.45, 2.75) is 46.8 Å². The lowest BCUT2D eigenvalue weighted by molar-refractivity contribution is 0.0579. The van der Waals surface area contributed by atoms with E-state index in [-0.39, 0.29) is 11.9 Å². The molecule has 0 aliphatic carbocycles. The molecular formula is C17H28N2O2. The zero-order valence-electron chi connectivity index (χ0n) is 13.8. The number of rotatable bonds is 7. The van der Waals surface area contributed by atoms with Crippen molar-refractivity contribution < 1.29 is 9.90 Å². The van der Waals surface area contributed by atoms with E-state index in [1.54, 1.807) is 11.8 Å². The van der Waals surface area contributed by atoms with E-state index in [1.807, 2.05) is 38.1 Å². The second-order valence-electron chi connectivity index (χ2n) is 5.62. The van der Waals surface area contributed by atoms with E-state index in [4.69, 9.17) is 0 Å². The van der Waals surface area contributed by atoms with Crippen molar-refractivity contribution in [3.63, 3.8) is 0 Å². The summed E-state index contributed by atoms with van der Waals surface area (Å²) in [7, 11) is 0. The highest BCUT2D eigenvalue weighted by molar-refractivity contribution is 5.94. The molecule has 0 spiro atoms. The number of aliphatic hydroxyl groups is 1. The van der Waals surface area contributed by atoms with E-state index >= 15 is 0 Å². The summed E-state index contributed by atoms with van der Waals surface area (Å²) in [5.41, 5.74) is 1.79. The summed E-state index contributed by atoms with van der Waals surface area (Å²) in [6.07, 6.45) is -0.522. The van der Waals surface area contributed by atoms with E-state index < -0.39 is 6.10 Å². The van der Waals surface area contributed by atoms with Crippen molar-refractivity contribution in [3.05, 3.63) is 29.8 Å². The minimum atomic E-state index is -0.522. The zero-order valence-corrected chi connectivity index (χ0v) is 13.8. The van der Waals surface area contributed by atoms with Crippen LogP contribution in [0, 0.1) is 0 Å². The molecule has 4 heteroatoms. The van der Waals surface area contributed by atoms with Crippen molar-refractivity contribution in [3.8, 4) is 0 Å². The highest BCUT2D eigenvalue weighted by Gasteiger charge is 2.20. The normalized spacial score (nSPS) is 12.3. The van der Waals surface area contributed by atoms with Crippen molar-refractivity contribution >= 4 is 11.6 Å². The highest BCUT2D eigenvalue weighted by atomic mass is 16.3. The molecule has 0 aliphatic rings. The van der Waals surface area contributed by atoms with Gasteiger partial charge in [0.15, 0.2) is 0 Å². The van der Waals surface area contributed by atoms with E-state index in [0.717, 1.165) is 18.8 Å². The molecule has 21 heavy (non-hydrogen) atoms. The predicted molar refractivity (Wildman–Crippen MR) is 87.9 cm³/mol. The van der Waals surface area contributed by atoms with E-state index in [9.17, 15) is 9.90 Å². The topological polar surface area (TPSA) is 43.8 Å². The maximum atomic E-state index is 12.5. The fourth-order valence-corrected chi connectivity index (χ4v) is 2.38. The Balaban J connectivity index is 2.91. The van der Waals surface area contributed by atoms with E-state index in [0.29, 0.717) is 12.1 Å². The molecule has 1 aromatic carbocycles. The average Bonchev–Trinajstić information content (AvgIpc) is 2.45. The second kappa shape index (κ2) is 8.03. The molecule has 1 amide bonds. The number of nitrogens with zero attached hydrogens (tertiary/aromatic N) is 2. The van der Waals surface area contributed by atoms with Crippen LogP contribution in [0.4, 0.5) is 5.69 Å². The molecule has 118 valence electrons. The Hall–Kier alpha value is -1.55. The van der Waals surface area contributed by atoms with Crippen LogP contribution in [0.25, 0.3) is 0 Å². The van der Waals surface area contributed by atoms with Gasteiger partial charge in [0.05, 0.1) is 6.10 Å². The van der Waals surface area contributed by atoms with Gasteiger partial charge in [-0.15, -0.1) is 0 Å². The minimum absolute atomic E-state index is 0.0306. The Morgan fingerprint density at radius 3 is 2.00 bits per heavy atom. The molecule has 0 saturated heterocycles. The zero-order chi connectivity index (χ0) is 16.0. The van der Waals surface area contributed by atoms with Gasteiger partial charge in [-0.2, -0.15) is 0 Å². The van der Waals surface area contributed by atoms with Gasteiger partial charge >= 0.3 is 0 Å². The van der Waals surface area contributed by atoms with Crippen molar-refractivity contribution in [2.24, 2.45) is 0 Å². The molecule has 0 heterocycles. The number of hydrogen-bond donors (Lipinski definition) is 1. The van der Waals surface area contributed by atoms with E-state index in [2.05, 4.69) is 18.7 Å². The number of carbonyl (C=O) groups excluding carboxylic acids is 1. The first-order valence-electron chi connectivity index (χ1n) is 7.74. The molecule has 0 radical (unpaired) electrons. The lowest BCUT2D eigenvalue weighted by Crippen LogP contribution is -2.41. The van der Waals surface area contributed by atoms with Gasteiger partial charge in [-0.05, 0) is 58.9 Å². The first-order valence-corrected chi connectivity index (χ1v) is 7.74. The molecule has 0 aliphatic heterocycles. The number of amides is 1. The number of benzene rings is 1. The third-order valence-electron chi connectivity index (χ3n) is 3.59. The quantitative estimate of drug-likeness (QED) is 0.840. The maximum absolute atomic E-state index is 12.5. The number of anilines is 1. The van der Waals surface area contributed by atoms with Crippen LogP contribution < -0.4 is 4.90 Å². The molecule has 0 fully saturated rings. The third-order valence-corrected chi connectivity index (χ3v) is 3.59. The fraction of sp³-hybridized carbons (Fsp3) is 0.588. The maximum Gasteiger partial charge on any atom is 0.254 e. The lowest BCUT2D eigenvalue weighted by atomic mass is 10.1. The molecule has 0 aromatic heterocycles. The van der Waals surface area contributed by atoms with Crippen molar-refractivity contribution in [1.82, 2.24) is 4.90 Å². The second-order valence-corrected chi connectivity index (χ2v) is 5.62. The van der Waals surface area contributed by atoms with Crippen molar-refractivity contribution in [1.29, 1.82) is 0 Å². The Morgan fingerprint density at radius 2 is 1.62 bits per heavy atom. The Kier molecular flexibility index (Phi) is 6.69. The van der Waals surface area contributed by atoms with Crippen LogP contribution in [0.2, 0.25) is 0 Å². The van der Waals surface area contributed by atoms with Crippen molar-refractivity contribution in [2.75, 3.05) is 24.5 Å². The van der Waals surface area contributed by atoms with Gasteiger partial charge in [0.25, 0.3) is 5.91 Å². The number of hydrogen-bond acceptors (Lipinski definition) is 3. The van der Waals surface area contributed by atoms with E-state index in [1.165, 1.54) is 0 Å². The van der Waals surface area contributed by atoms with Gasteiger partial charge in [-0.1, -0.05) is 0 Å². The number of carbonyl (C=O) groups is 1. The standard InChI is InChI=1S/C17H28N2O2/c1-6-18(7-2)16-10-8-15(9-11-16)17(21)19(13(3)4)12-14(5)20/h8-11,13-14,20H,6-7,12H2,1-5H3. The molecule has 4 nitrogen and oxygen atoms in total. The monoisotopic (exact) mass is 292 g/mol. The highest BCUT2D eigenvalue weighted by Crippen LogP contribution is 2.17. The summed E-state index contributed by atoms with van der Waals surface area (Å²) < 4.78 is 0. The molecular weight excluding hydrogens is 264 g/mol. The smallest absolute Gasteiger partial charge is 0.254 e. The van der Waals surface area contributed by atoms with Crippen LogP contribution in [-0.4, -0.2) is 47.7 Å². The molecule has 1 atom stereocenters. The van der Waals surface area contributed by atoms with Gasteiger partial charge in [0.2, 0.25) is 0 Å². The Morgan fingerprint density at radius 1 is 1.10 bits per heavy atom. The first kappa shape index (κ1) is 17.5. The van der Waals surface area contributed by atoms with Crippen LogP contribution in [-0.2, 0) is 0 Å². The van der Waals surface area contributed by atoms with Gasteiger partial charge in [-0.3, -0.25) is 4.79 Å².